The molecule has 0 atom stereocenters. The number of hydrogen-bond donors (Lipinski definition) is 0. The van der Waals surface area contributed by atoms with Gasteiger partial charge in [-0.05, 0) is 65.0 Å². The van der Waals surface area contributed by atoms with Crippen LogP contribution in [0.2, 0.25) is 0 Å². The zero-order valence-corrected chi connectivity index (χ0v) is 20.3. The zero-order valence-electron chi connectivity index (χ0n) is 20.3. The van der Waals surface area contributed by atoms with E-state index in [4.69, 9.17) is 6.57 Å². The minimum absolute atomic E-state index is 0.191. The molecule has 2 aliphatic rings. The highest BCUT2D eigenvalue weighted by Gasteiger charge is 2.37. The molecule has 8 heteroatoms. The Morgan fingerprint density at radius 3 is 1.66 bits per heavy atom. The van der Waals surface area contributed by atoms with E-state index < -0.39 is 23.6 Å². The summed E-state index contributed by atoms with van der Waals surface area (Å²) in [6.07, 6.45) is 0. The van der Waals surface area contributed by atoms with Crippen LogP contribution in [0.15, 0.2) is 36.4 Å². The Bertz CT molecular complexity index is 1960. The third-order valence-corrected chi connectivity index (χ3v) is 7.86. The molecule has 2 heterocycles. The van der Waals surface area contributed by atoms with Crippen molar-refractivity contribution in [1.82, 2.24) is 9.80 Å². The Balaban J connectivity index is 1.81. The lowest BCUT2D eigenvalue weighted by Gasteiger charge is -2.30. The van der Waals surface area contributed by atoms with Crippen LogP contribution in [0, 0.1) is 17.9 Å². The molecule has 0 unspecified atom stereocenters. The van der Waals surface area contributed by atoms with Gasteiger partial charge in [-0.15, -0.1) is 0 Å². The summed E-state index contributed by atoms with van der Waals surface area (Å²) >= 11 is 0. The van der Waals surface area contributed by atoms with E-state index in [-0.39, 0.29) is 35.5 Å². The van der Waals surface area contributed by atoms with Crippen LogP contribution >= 0.6 is 0 Å². The summed E-state index contributed by atoms with van der Waals surface area (Å²) in [5.41, 5.74) is 1.70. The average molecular weight is 496 g/mol. The van der Waals surface area contributed by atoms with Gasteiger partial charge in [0.15, 0.2) is 5.69 Å². The fraction of sp³-hybridized carbons (Fsp3) is 0.133. The second kappa shape index (κ2) is 7.12. The molecule has 0 saturated heterocycles. The smallest absolute Gasteiger partial charge is 0.261 e. The number of hydrogen-bond acceptors (Lipinski definition) is 5. The Hall–Kier alpha value is -5.34. The SMILES string of the molecule is [C-]#[N+]c1cc2c3c(ccc4c5c(C#N)cc6c7c(ccc(c1c34)c75)C(=O)N(CC)C6=O)C(=O)N(CC)C2=O. The van der Waals surface area contributed by atoms with Crippen LogP contribution < -0.4 is 0 Å². The molecule has 180 valence electrons. The van der Waals surface area contributed by atoms with E-state index in [1.165, 1.54) is 12.1 Å². The van der Waals surface area contributed by atoms with Gasteiger partial charge >= 0.3 is 0 Å². The van der Waals surface area contributed by atoms with Crippen LogP contribution in [0.3, 0.4) is 0 Å². The van der Waals surface area contributed by atoms with Crippen LogP contribution in [0.5, 0.6) is 0 Å². The van der Waals surface area contributed by atoms with Crippen molar-refractivity contribution < 1.29 is 19.2 Å². The molecule has 0 bridgehead atoms. The molecule has 0 radical (unpaired) electrons. The summed E-state index contributed by atoms with van der Waals surface area (Å²) in [7, 11) is 0. The maximum atomic E-state index is 13.3. The van der Waals surface area contributed by atoms with Gasteiger partial charge in [-0.2, -0.15) is 5.26 Å². The van der Waals surface area contributed by atoms with E-state index >= 15 is 0 Å². The molecule has 0 fully saturated rings. The van der Waals surface area contributed by atoms with Gasteiger partial charge in [0.1, 0.15) is 0 Å². The molecule has 0 aliphatic carbocycles. The summed E-state index contributed by atoms with van der Waals surface area (Å²) in [5, 5.41) is 14.5. The minimum Gasteiger partial charge on any atom is -0.275 e. The summed E-state index contributed by atoms with van der Waals surface area (Å²) in [4.78, 5) is 59.3. The third kappa shape index (κ3) is 2.28. The summed E-state index contributed by atoms with van der Waals surface area (Å²) in [6.45, 7) is 11.8. The Morgan fingerprint density at radius 1 is 0.684 bits per heavy atom. The number of rotatable bonds is 2. The number of nitrogens with zero attached hydrogens (tertiary/aromatic N) is 4. The van der Waals surface area contributed by atoms with E-state index in [2.05, 4.69) is 10.9 Å². The summed E-state index contributed by atoms with van der Waals surface area (Å²) in [6, 6.07) is 12.0. The second-order valence-corrected chi connectivity index (χ2v) is 9.42. The van der Waals surface area contributed by atoms with E-state index in [0.717, 1.165) is 9.80 Å². The molecule has 7 rings (SSSR count). The summed E-state index contributed by atoms with van der Waals surface area (Å²) in [5.74, 6) is -1.76. The van der Waals surface area contributed by atoms with Crippen LogP contribution in [-0.4, -0.2) is 46.5 Å². The molecule has 0 saturated carbocycles. The van der Waals surface area contributed by atoms with Crippen molar-refractivity contribution in [3.05, 3.63) is 75.6 Å². The normalized spacial score (nSPS) is 14.8. The maximum Gasteiger partial charge on any atom is 0.261 e. The van der Waals surface area contributed by atoms with Crippen LogP contribution in [0.1, 0.15) is 60.8 Å². The number of fused-ring (bicyclic) bond motifs is 2. The molecule has 5 aromatic rings. The van der Waals surface area contributed by atoms with E-state index in [1.807, 2.05) is 0 Å². The third-order valence-electron chi connectivity index (χ3n) is 7.86. The molecule has 8 nitrogen and oxygen atoms in total. The van der Waals surface area contributed by atoms with E-state index in [0.29, 0.717) is 54.2 Å². The van der Waals surface area contributed by atoms with Crippen molar-refractivity contribution in [1.29, 1.82) is 5.26 Å². The van der Waals surface area contributed by atoms with Gasteiger partial charge in [-0.3, -0.25) is 29.0 Å². The zero-order chi connectivity index (χ0) is 26.6. The van der Waals surface area contributed by atoms with Crippen LogP contribution in [0.4, 0.5) is 5.69 Å². The van der Waals surface area contributed by atoms with Gasteiger partial charge in [0.2, 0.25) is 0 Å². The predicted octanol–water partition coefficient (Wildman–Crippen LogP) is 5.39. The van der Waals surface area contributed by atoms with Crippen LogP contribution in [-0.2, 0) is 0 Å². The van der Waals surface area contributed by atoms with E-state index in [1.54, 1.807) is 38.1 Å². The highest BCUT2D eigenvalue weighted by molar-refractivity contribution is 6.43. The number of carbonyl (C=O) groups excluding carboxylic acids is 4. The van der Waals surface area contributed by atoms with Gasteiger partial charge in [0, 0.05) is 45.9 Å². The van der Waals surface area contributed by atoms with Gasteiger partial charge in [0.05, 0.1) is 23.8 Å². The molecule has 0 aromatic heterocycles. The van der Waals surface area contributed by atoms with E-state index in [9.17, 15) is 24.4 Å². The molecule has 5 aromatic carbocycles. The minimum atomic E-state index is -0.470. The van der Waals surface area contributed by atoms with Crippen molar-refractivity contribution in [2.24, 2.45) is 0 Å². The Labute approximate surface area is 215 Å². The van der Waals surface area contributed by atoms with Gasteiger partial charge in [0.25, 0.3) is 23.6 Å². The highest BCUT2D eigenvalue weighted by Crippen LogP contribution is 2.50. The second-order valence-electron chi connectivity index (χ2n) is 9.42. The number of carbonyl (C=O) groups is 4. The first kappa shape index (κ1) is 21.9. The molecule has 0 spiro atoms. The molecule has 38 heavy (non-hydrogen) atoms. The highest BCUT2D eigenvalue weighted by atomic mass is 16.2. The number of nitriles is 1. The van der Waals surface area contributed by atoms with Gasteiger partial charge in [-0.1, -0.05) is 12.1 Å². The Kier molecular flexibility index (Phi) is 4.10. The van der Waals surface area contributed by atoms with Gasteiger partial charge < -0.3 is 0 Å². The Morgan fingerprint density at radius 2 is 1.16 bits per heavy atom. The quantitative estimate of drug-likeness (QED) is 0.141. The van der Waals surface area contributed by atoms with Crippen molar-refractivity contribution in [3.8, 4) is 6.07 Å². The fourth-order valence-corrected chi connectivity index (χ4v) is 6.30. The number of imide groups is 2. The first-order valence-electron chi connectivity index (χ1n) is 12.2. The van der Waals surface area contributed by atoms with Gasteiger partial charge in [-0.25, -0.2) is 4.85 Å². The lowest BCUT2D eigenvalue weighted by Crippen LogP contribution is -2.40. The monoisotopic (exact) mass is 496 g/mol. The van der Waals surface area contributed by atoms with Crippen molar-refractivity contribution in [2.75, 3.05) is 13.1 Å². The predicted molar refractivity (Wildman–Crippen MR) is 141 cm³/mol. The molecule has 2 aliphatic heterocycles. The maximum absolute atomic E-state index is 13.3. The molecular weight excluding hydrogens is 480 g/mol. The summed E-state index contributed by atoms with van der Waals surface area (Å²) < 4.78 is 0. The average Bonchev–Trinajstić information content (AvgIpc) is 2.93. The van der Waals surface area contributed by atoms with Crippen molar-refractivity contribution >= 4 is 72.4 Å². The fourth-order valence-electron chi connectivity index (χ4n) is 6.30. The van der Waals surface area contributed by atoms with Crippen molar-refractivity contribution in [3.63, 3.8) is 0 Å². The number of benzene rings is 5. The molecule has 0 N–H and O–H groups in total. The topological polar surface area (TPSA) is 103 Å². The molecular formula is C30H16N4O4. The lowest BCUT2D eigenvalue weighted by molar-refractivity contribution is 0.0603. The largest absolute Gasteiger partial charge is 0.275 e. The first-order chi connectivity index (χ1) is 18.4. The first-order valence-corrected chi connectivity index (χ1v) is 12.2. The van der Waals surface area contributed by atoms with Crippen LogP contribution in [0.25, 0.3) is 47.9 Å². The van der Waals surface area contributed by atoms with Crippen molar-refractivity contribution in [2.45, 2.75) is 13.8 Å². The number of amides is 4. The lowest BCUT2D eigenvalue weighted by atomic mass is 9.80. The standard InChI is InChI=1S/C30H16N4O4/c1-4-33-27(35)16-9-7-15-24-20(32-3)11-19-23-17(28(36)34(5-2)30(19)38)8-6-14(26(23)24)21-13(12-31)10-18(29(33)37)22(16)25(15)21/h6-11H,4-5H2,1-2H3. The molecule has 4 amide bonds.